The van der Waals surface area contributed by atoms with Gasteiger partial charge in [0, 0.05) is 23.4 Å². The minimum absolute atomic E-state index is 0.0359. The Kier molecular flexibility index (Phi) is 7.07. The zero-order valence-corrected chi connectivity index (χ0v) is 22.7. The lowest BCUT2D eigenvalue weighted by Crippen LogP contribution is -2.48. The van der Waals surface area contributed by atoms with Crippen molar-refractivity contribution in [2.45, 2.75) is 27.2 Å². The van der Waals surface area contributed by atoms with Gasteiger partial charge in [0.2, 0.25) is 5.91 Å². The molecule has 10 nitrogen and oxygen atoms in total. The van der Waals surface area contributed by atoms with Gasteiger partial charge in [0.1, 0.15) is 0 Å². The number of nitrogens with zero attached hydrogens (tertiary/aromatic N) is 4. The van der Waals surface area contributed by atoms with Crippen molar-refractivity contribution in [3.05, 3.63) is 39.5 Å². The Morgan fingerprint density at radius 2 is 2.03 bits per heavy atom. The summed E-state index contributed by atoms with van der Waals surface area (Å²) in [7, 11) is -3.07. The minimum Gasteiger partial charge on any atom is -0.488 e. The summed E-state index contributed by atoms with van der Waals surface area (Å²) in [5.74, 6) is -1.20. The number of amidine groups is 1. The van der Waals surface area contributed by atoms with Crippen LogP contribution in [0.2, 0.25) is 5.02 Å². The highest BCUT2D eigenvalue weighted by Crippen LogP contribution is 2.37. The van der Waals surface area contributed by atoms with Gasteiger partial charge in [-0.1, -0.05) is 44.1 Å². The van der Waals surface area contributed by atoms with E-state index in [-0.39, 0.29) is 45.2 Å². The van der Waals surface area contributed by atoms with Crippen LogP contribution < -0.4 is 10.1 Å². The third kappa shape index (κ3) is 5.36. The fourth-order valence-corrected chi connectivity index (χ4v) is 6.46. The van der Waals surface area contributed by atoms with Crippen molar-refractivity contribution in [3.63, 3.8) is 0 Å². The van der Waals surface area contributed by atoms with Gasteiger partial charge in [-0.3, -0.25) is 4.79 Å². The predicted molar refractivity (Wildman–Crippen MR) is 138 cm³/mol. The summed E-state index contributed by atoms with van der Waals surface area (Å²) in [5.41, 5.74) is 0.762. The number of amides is 3. The van der Waals surface area contributed by atoms with Gasteiger partial charge >= 0.3 is 16.2 Å². The van der Waals surface area contributed by atoms with E-state index in [1.807, 2.05) is 20.8 Å². The average Bonchev–Trinajstić information content (AvgIpc) is 3.38. The van der Waals surface area contributed by atoms with Crippen LogP contribution in [0, 0.1) is 11.2 Å². The molecule has 0 bridgehead atoms. The molecule has 0 saturated heterocycles. The highest BCUT2D eigenvalue weighted by molar-refractivity contribution is 8.17. The molecular weight excluding hydrogens is 553 g/mol. The Bertz CT molecular complexity index is 1390. The largest absolute Gasteiger partial charge is 0.488 e. The molecule has 1 aromatic heterocycles. The van der Waals surface area contributed by atoms with E-state index < -0.39 is 28.0 Å². The van der Waals surface area contributed by atoms with E-state index in [4.69, 9.17) is 16.3 Å². The molecule has 0 atom stereocenters. The highest BCUT2D eigenvalue weighted by atomic mass is 35.5. The standard InChI is InChI=1S/C21H21ClFN5O5S3/c1-21(2,3)10-33-17-13(22)5-11(6-14(17)23)15-9-34-18(24-15)25-16(29)7-12-8-35-20-26-19(30)27(4)36(31,32)28(12)20/h5-6,8-9H,7,10H2,1-4H3,(H,24,25,29). The number of carbonyl (C=O) groups is 2. The number of thiazole rings is 1. The monoisotopic (exact) mass is 573 g/mol. The van der Waals surface area contributed by atoms with E-state index in [0.717, 1.165) is 34.5 Å². The Morgan fingerprint density at radius 3 is 2.69 bits per heavy atom. The molecule has 2 aromatic rings. The number of benzene rings is 1. The first kappa shape index (κ1) is 26.4. The lowest BCUT2D eigenvalue weighted by atomic mass is 9.99. The molecule has 0 spiro atoms. The van der Waals surface area contributed by atoms with Gasteiger partial charge < -0.3 is 10.1 Å². The third-order valence-electron chi connectivity index (χ3n) is 4.81. The topological polar surface area (TPSA) is 121 Å². The van der Waals surface area contributed by atoms with Crippen LogP contribution in [0.25, 0.3) is 11.3 Å². The van der Waals surface area contributed by atoms with E-state index in [2.05, 4.69) is 15.3 Å². The number of fused-ring (bicyclic) bond motifs is 1. The number of nitrogens with one attached hydrogen (secondary N) is 1. The van der Waals surface area contributed by atoms with Crippen molar-refractivity contribution in [3.8, 4) is 17.0 Å². The molecule has 15 heteroatoms. The molecule has 4 rings (SSSR count). The number of rotatable bonds is 6. The smallest absolute Gasteiger partial charge is 0.360 e. The Hall–Kier alpha value is -2.68. The molecule has 1 aromatic carbocycles. The molecule has 3 amide bonds. The number of urea groups is 1. The van der Waals surface area contributed by atoms with Crippen LogP contribution in [-0.2, 0) is 15.0 Å². The molecule has 1 N–H and O–H groups in total. The number of aromatic nitrogens is 1. The van der Waals surface area contributed by atoms with Crippen LogP contribution in [-0.4, -0.2) is 52.8 Å². The molecule has 0 fully saturated rings. The molecule has 0 radical (unpaired) electrons. The van der Waals surface area contributed by atoms with Crippen LogP contribution in [0.4, 0.5) is 14.3 Å². The molecule has 0 aliphatic carbocycles. The summed E-state index contributed by atoms with van der Waals surface area (Å²) < 4.78 is 46.8. The number of anilines is 1. The number of aliphatic imine (C=N–C) groups is 1. The minimum atomic E-state index is -4.17. The van der Waals surface area contributed by atoms with Gasteiger partial charge in [0.05, 0.1) is 29.4 Å². The van der Waals surface area contributed by atoms with E-state index in [0.29, 0.717) is 15.6 Å². The maximum Gasteiger partial charge on any atom is 0.360 e. The Labute approximate surface area is 220 Å². The van der Waals surface area contributed by atoms with Crippen LogP contribution in [0.15, 0.2) is 33.6 Å². The third-order valence-corrected chi connectivity index (χ3v) is 8.55. The second kappa shape index (κ2) is 9.65. The summed E-state index contributed by atoms with van der Waals surface area (Å²) in [5, 5.41) is 5.97. The van der Waals surface area contributed by atoms with Gasteiger partial charge in [0.25, 0.3) is 0 Å². The molecule has 0 unspecified atom stereocenters. The van der Waals surface area contributed by atoms with Crippen molar-refractivity contribution in [1.29, 1.82) is 0 Å². The van der Waals surface area contributed by atoms with Crippen molar-refractivity contribution in [1.82, 2.24) is 13.6 Å². The molecule has 2 aliphatic heterocycles. The maximum absolute atomic E-state index is 14.7. The molecule has 0 saturated carbocycles. The Balaban J connectivity index is 1.45. The van der Waals surface area contributed by atoms with Gasteiger partial charge in [-0.2, -0.15) is 13.4 Å². The first-order valence-corrected chi connectivity index (χ1v) is 13.9. The highest BCUT2D eigenvalue weighted by Gasteiger charge is 2.43. The van der Waals surface area contributed by atoms with Crippen molar-refractivity contribution in [2.24, 2.45) is 10.4 Å². The van der Waals surface area contributed by atoms with E-state index in [1.54, 1.807) is 5.38 Å². The van der Waals surface area contributed by atoms with Gasteiger partial charge in [-0.05, 0) is 17.5 Å². The van der Waals surface area contributed by atoms with Crippen LogP contribution in [0.5, 0.6) is 5.75 Å². The number of halogens is 2. The first-order chi connectivity index (χ1) is 16.8. The van der Waals surface area contributed by atoms with E-state index in [1.165, 1.54) is 17.5 Å². The van der Waals surface area contributed by atoms with Gasteiger partial charge in [-0.15, -0.1) is 11.3 Å². The normalized spacial score (nSPS) is 17.0. The van der Waals surface area contributed by atoms with Crippen molar-refractivity contribution < 1.29 is 27.1 Å². The lowest BCUT2D eigenvalue weighted by molar-refractivity contribution is -0.115. The summed E-state index contributed by atoms with van der Waals surface area (Å²) in [6.45, 7) is 6.15. The van der Waals surface area contributed by atoms with E-state index in [9.17, 15) is 22.4 Å². The number of ether oxygens (including phenoxy) is 1. The zero-order valence-electron chi connectivity index (χ0n) is 19.5. The number of carbonyl (C=O) groups excluding carboxylic acids is 2. The number of hydrogen-bond donors (Lipinski definition) is 1. The summed E-state index contributed by atoms with van der Waals surface area (Å²) in [6.07, 6.45) is -0.303. The molecule has 36 heavy (non-hydrogen) atoms. The zero-order chi connectivity index (χ0) is 26.4. The van der Waals surface area contributed by atoms with Crippen molar-refractivity contribution in [2.75, 3.05) is 19.0 Å². The summed E-state index contributed by atoms with van der Waals surface area (Å²) in [6, 6.07) is 1.88. The fraction of sp³-hybridized carbons (Fsp3) is 0.333. The summed E-state index contributed by atoms with van der Waals surface area (Å²) >= 11 is 8.29. The van der Waals surface area contributed by atoms with E-state index >= 15 is 0 Å². The number of thioether (sulfide) groups is 1. The quantitative estimate of drug-likeness (QED) is 0.521. The van der Waals surface area contributed by atoms with Crippen molar-refractivity contribution >= 4 is 67.1 Å². The van der Waals surface area contributed by atoms with Crippen LogP contribution >= 0.6 is 34.7 Å². The number of hydrogen-bond acceptors (Lipinski definition) is 8. The van der Waals surface area contributed by atoms with Gasteiger partial charge in [0.15, 0.2) is 21.9 Å². The predicted octanol–water partition coefficient (Wildman–Crippen LogP) is 4.91. The van der Waals surface area contributed by atoms with Crippen LogP contribution in [0.1, 0.15) is 27.2 Å². The first-order valence-electron chi connectivity index (χ1n) is 10.4. The molecular formula is C21H21ClFN5O5S3. The van der Waals surface area contributed by atoms with Crippen LogP contribution in [0.3, 0.4) is 0 Å². The molecule has 3 heterocycles. The van der Waals surface area contributed by atoms with Gasteiger partial charge in [-0.25, -0.2) is 22.8 Å². The molecule has 192 valence electrons. The Morgan fingerprint density at radius 1 is 1.31 bits per heavy atom. The second-order valence-corrected chi connectivity index (χ2v) is 12.9. The summed E-state index contributed by atoms with van der Waals surface area (Å²) in [4.78, 5) is 32.4. The maximum atomic E-state index is 14.7. The lowest BCUT2D eigenvalue weighted by Gasteiger charge is -2.29. The average molecular weight is 574 g/mol. The SMILES string of the molecule is CN1C(=O)N=C2SC=C(CC(=O)Nc3nc(-c4cc(F)c(OCC(C)(C)C)c(Cl)c4)cs3)N2S1(=O)=O. The fourth-order valence-electron chi connectivity index (χ4n) is 3.07. The molecule has 2 aliphatic rings. The second-order valence-electron chi connectivity index (χ2n) is 9.02.